The molecule has 1 atom stereocenters. The van der Waals surface area contributed by atoms with Gasteiger partial charge in [0.25, 0.3) is 5.91 Å². The standard InChI is InChI=1S/C22H27Cl2NO2S/c1-15(27-17-10-8-16(9-11-17)22(2,3)4)21(26)25-12-13-28-14-18-19(23)6-5-7-20(18)24/h5-11,15H,12-14H2,1-4H3,(H,25,26)/t15-/m0/s1. The molecule has 0 bridgehead atoms. The molecule has 0 aliphatic rings. The van der Waals surface area contributed by atoms with Crippen molar-refractivity contribution in [2.45, 2.75) is 45.0 Å². The summed E-state index contributed by atoms with van der Waals surface area (Å²) in [5, 5.41) is 4.24. The molecule has 2 aromatic carbocycles. The second kappa shape index (κ2) is 10.4. The molecule has 0 fully saturated rings. The van der Waals surface area contributed by atoms with Gasteiger partial charge in [-0.3, -0.25) is 4.79 Å². The summed E-state index contributed by atoms with van der Waals surface area (Å²) in [6.45, 7) is 8.80. The van der Waals surface area contributed by atoms with Gasteiger partial charge in [-0.05, 0) is 47.7 Å². The largest absolute Gasteiger partial charge is 0.481 e. The van der Waals surface area contributed by atoms with Crippen LogP contribution in [0, 0.1) is 0 Å². The third-order valence-electron chi connectivity index (χ3n) is 4.26. The molecular formula is C22H27Cl2NO2S. The summed E-state index contributed by atoms with van der Waals surface area (Å²) >= 11 is 14.0. The quantitative estimate of drug-likeness (QED) is 0.504. The van der Waals surface area contributed by atoms with Crippen molar-refractivity contribution in [1.82, 2.24) is 5.32 Å². The number of ether oxygens (including phenoxy) is 1. The predicted molar refractivity (Wildman–Crippen MR) is 121 cm³/mol. The fourth-order valence-corrected chi connectivity index (χ4v) is 4.12. The summed E-state index contributed by atoms with van der Waals surface area (Å²) in [7, 11) is 0. The van der Waals surface area contributed by atoms with E-state index in [0.717, 1.165) is 11.3 Å². The second-order valence-corrected chi connectivity index (χ2v) is 9.50. The van der Waals surface area contributed by atoms with Gasteiger partial charge in [0.15, 0.2) is 6.10 Å². The van der Waals surface area contributed by atoms with Crippen LogP contribution in [0.5, 0.6) is 5.75 Å². The maximum Gasteiger partial charge on any atom is 0.260 e. The summed E-state index contributed by atoms with van der Waals surface area (Å²) in [5.41, 5.74) is 2.25. The SMILES string of the molecule is C[C@H](Oc1ccc(C(C)(C)C)cc1)C(=O)NCCSCc1c(Cl)cccc1Cl. The normalized spacial score (nSPS) is 12.5. The Morgan fingerprint density at radius 3 is 2.29 bits per heavy atom. The summed E-state index contributed by atoms with van der Waals surface area (Å²) < 4.78 is 5.75. The van der Waals surface area contributed by atoms with Crippen molar-refractivity contribution in [1.29, 1.82) is 0 Å². The molecular weight excluding hydrogens is 413 g/mol. The molecule has 1 N–H and O–H groups in total. The maximum absolute atomic E-state index is 12.2. The maximum atomic E-state index is 12.2. The van der Waals surface area contributed by atoms with Gasteiger partial charge in [0, 0.05) is 28.1 Å². The molecule has 3 nitrogen and oxygen atoms in total. The van der Waals surface area contributed by atoms with Gasteiger partial charge < -0.3 is 10.1 Å². The number of hydrogen-bond acceptors (Lipinski definition) is 3. The van der Waals surface area contributed by atoms with E-state index < -0.39 is 6.10 Å². The number of rotatable bonds is 8. The third-order valence-corrected chi connectivity index (χ3v) is 5.95. The number of halogens is 2. The Balaban J connectivity index is 1.72. The van der Waals surface area contributed by atoms with Gasteiger partial charge in [0.1, 0.15) is 5.75 Å². The van der Waals surface area contributed by atoms with Crippen LogP contribution in [0.2, 0.25) is 10.0 Å². The van der Waals surface area contributed by atoms with Gasteiger partial charge in [-0.1, -0.05) is 62.2 Å². The first-order valence-corrected chi connectivity index (χ1v) is 11.1. The van der Waals surface area contributed by atoms with Crippen LogP contribution in [-0.4, -0.2) is 24.3 Å². The Hall–Kier alpha value is -1.36. The number of carbonyl (C=O) groups excluding carboxylic acids is 1. The van der Waals surface area contributed by atoms with E-state index >= 15 is 0 Å². The Labute approximate surface area is 182 Å². The number of carbonyl (C=O) groups is 1. The van der Waals surface area contributed by atoms with Crippen LogP contribution in [-0.2, 0) is 16.0 Å². The molecule has 6 heteroatoms. The van der Waals surface area contributed by atoms with Crippen LogP contribution in [0.3, 0.4) is 0 Å². The first-order valence-electron chi connectivity index (χ1n) is 9.24. The Morgan fingerprint density at radius 2 is 1.71 bits per heavy atom. The molecule has 0 aliphatic carbocycles. The summed E-state index contributed by atoms with van der Waals surface area (Å²) in [6.07, 6.45) is -0.552. The first kappa shape index (κ1) is 22.9. The lowest BCUT2D eigenvalue weighted by Crippen LogP contribution is -2.37. The fourth-order valence-electron chi connectivity index (χ4n) is 2.53. The average molecular weight is 440 g/mol. The van der Waals surface area contributed by atoms with Crippen LogP contribution in [0.25, 0.3) is 0 Å². The summed E-state index contributed by atoms with van der Waals surface area (Å²) in [5.74, 6) is 2.04. The molecule has 2 aromatic rings. The predicted octanol–water partition coefficient (Wildman–Crippen LogP) is 6.11. The molecule has 0 radical (unpaired) electrons. The zero-order valence-corrected chi connectivity index (χ0v) is 19.0. The van der Waals surface area contributed by atoms with E-state index in [4.69, 9.17) is 27.9 Å². The van der Waals surface area contributed by atoms with Gasteiger partial charge in [0.2, 0.25) is 0 Å². The third kappa shape index (κ3) is 6.91. The van der Waals surface area contributed by atoms with Crippen LogP contribution in [0.1, 0.15) is 38.8 Å². The number of amides is 1. The molecule has 0 aromatic heterocycles. The van der Waals surface area contributed by atoms with Crippen molar-refractivity contribution in [2.24, 2.45) is 0 Å². The Bertz CT molecular complexity index is 768. The Kier molecular flexibility index (Phi) is 8.54. The lowest BCUT2D eigenvalue weighted by atomic mass is 9.87. The van der Waals surface area contributed by atoms with Gasteiger partial charge in [0.05, 0.1) is 0 Å². The number of thioether (sulfide) groups is 1. The molecule has 152 valence electrons. The van der Waals surface area contributed by atoms with Crippen molar-refractivity contribution in [2.75, 3.05) is 12.3 Å². The number of hydrogen-bond donors (Lipinski definition) is 1. The highest BCUT2D eigenvalue weighted by atomic mass is 35.5. The first-order chi connectivity index (χ1) is 13.2. The van der Waals surface area contributed by atoms with Crippen LogP contribution < -0.4 is 10.1 Å². The topological polar surface area (TPSA) is 38.3 Å². The lowest BCUT2D eigenvalue weighted by Gasteiger charge is -2.20. The Morgan fingerprint density at radius 1 is 1.11 bits per heavy atom. The smallest absolute Gasteiger partial charge is 0.260 e. The minimum absolute atomic E-state index is 0.0907. The van der Waals surface area contributed by atoms with E-state index in [0.29, 0.717) is 28.1 Å². The van der Waals surface area contributed by atoms with Gasteiger partial charge in [-0.15, -0.1) is 0 Å². The van der Waals surface area contributed by atoms with Crippen molar-refractivity contribution < 1.29 is 9.53 Å². The molecule has 0 saturated heterocycles. The van der Waals surface area contributed by atoms with E-state index in [1.807, 2.05) is 42.5 Å². The van der Waals surface area contributed by atoms with Crippen LogP contribution in [0.4, 0.5) is 0 Å². The van der Waals surface area contributed by atoms with Crippen molar-refractivity contribution >= 4 is 40.9 Å². The monoisotopic (exact) mass is 439 g/mol. The highest BCUT2D eigenvalue weighted by Crippen LogP contribution is 2.28. The molecule has 0 unspecified atom stereocenters. The van der Waals surface area contributed by atoms with Crippen molar-refractivity contribution in [3.05, 3.63) is 63.6 Å². The van der Waals surface area contributed by atoms with Crippen molar-refractivity contribution in [3.8, 4) is 5.75 Å². The van der Waals surface area contributed by atoms with E-state index in [-0.39, 0.29) is 11.3 Å². The zero-order valence-electron chi connectivity index (χ0n) is 16.7. The molecule has 0 spiro atoms. The van der Waals surface area contributed by atoms with E-state index in [2.05, 4.69) is 26.1 Å². The molecule has 1 amide bonds. The summed E-state index contributed by atoms with van der Waals surface area (Å²) in [4.78, 5) is 12.2. The minimum Gasteiger partial charge on any atom is -0.481 e. The second-order valence-electron chi connectivity index (χ2n) is 7.58. The van der Waals surface area contributed by atoms with Gasteiger partial charge in [-0.25, -0.2) is 0 Å². The summed E-state index contributed by atoms with van der Waals surface area (Å²) in [6, 6.07) is 13.4. The zero-order chi connectivity index (χ0) is 20.7. The fraction of sp³-hybridized carbons (Fsp3) is 0.409. The molecule has 0 saturated carbocycles. The number of benzene rings is 2. The van der Waals surface area contributed by atoms with Crippen LogP contribution in [0.15, 0.2) is 42.5 Å². The van der Waals surface area contributed by atoms with E-state index in [1.165, 1.54) is 5.56 Å². The van der Waals surface area contributed by atoms with Crippen molar-refractivity contribution in [3.63, 3.8) is 0 Å². The lowest BCUT2D eigenvalue weighted by molar-refractivity contribution is -0.127. The molecule has 28 heavy (non-hydrogen) atoms. The van der Waals surface area contributed by atoms with E-state index in [1.54, 1.807) is 18.7 Å². The van der Waals surface area contributed by atoms with Gasteiger partial charge >= 0.3 is 0 Å². The highest BCUT2D eigenvalue weighted by Gasteiger charge is 2.16. The average Bonchev–Trinajstić information content (AvgIpc) is 2.63. The molecule has 0 heterocycles. The minimum atomic E-state index is -0.552. The molecule has 2 rings (SSSR count). The molecule has 0 aliphatic heterocycles. The highest BCUT2D eigenvalue weighted by molar-refractivity contribution is 7.98. The number of nitrogens with one attached hydrogen (secondary N) is 1. The van der Waals surface area contributed by atoms with E-state index in [9.17, 15) is 4.79 Å². The van der Waals surface area contributed by atoms with Gasteiger partial charge in [-0.2, -0.15) is 11.8 Å². The van der Waals surface area contributed by atoms with Crippen LogP contribution >= 0.6 is 35.0 Å².